The summed E-state index contributed by atoms with van der Waals surface area (Å²) in [7, 11) is 0. The lowest BCUT2D eigenvalue weighted by atomic mass is 9.97. The van der Waals surface area contributed by atoms with Crippen molar-refractivity contribution < 1.29 is 0 Å². The fourth-order valence-electron chi connectivity index (χ4n) is 3.90. The van der Waals surface area contributed by atoms with Crippen LogP contribution in [0.4, 0.5) is 0 Å². The van der Waals surface area contributed by atoms with E-state index in [0.29, 0.717) is 5.84 Å². The molecule has 0 saturated heterocycles. The molecule has 3 rings (SSSR count). The minimum atomic E-state index is -1.03. The molecule has 3 atom stereocenters. The van der Waals surface area contributed by atoms with E-state index >= 15 is 0 Å². The molecule has 0 aromatic heterocycles. The van der Waals surface area contributed by atoms with Crippen LogP contribution in [0.2, 0.25) is 0 Å². The van der Waals surface area contributed by atoms with Gasteiger partial charge in [-0.05, 0) is 29.2 Å². The Morgan fingerprint density at radius 2 is 1.75 bits per heavy atom. The monoisotopic (exact) mass is 420 g/mol. The molecule has 1 aliphatic heterocycles. The largest absolute Gasteiger partial charge is 0.386 e. The molecule has 1 heterocycles. The summed E-state index contributed by atoms with van der Waals surface area (Å²) in [5, 5.41) is 20.2. The zero-order valence-corrected chi connectivity index (χ0v) is 16.6. The first-order valence-corrected chi connectivity index (χ1v) is 10.5. The molecule has 2 aliphatic rings. The van der Waals surface area contributed by atoms with Crippen molar-refractivity contribution in [2.45, 2.75) is 24.0 Å². The van der Waals surface area contributed by atoms with Gasteiger partial charge < -0.3 is 5.73 Å². The lowest BCUT2D eigenvalue weighted by molar-refractivity contribution is 0.564. The third kappa shape index (κ3) is 1.89. The van der Waals surface area contributed by atoms with E-state index in [0.717, 1.165) is 21.5 Å². The van der Waals surface area contributed by atoms with Gasteiger partial charge in [-0.3, -0.25) is 0 Å². The molecule has 124 valence electrons. The number of hydrogen-bond acceptors (Lipinski definition) is 6. The van der Waals surface area contributed by atoms with Gasteiger partial charge in [-0.1, -0.05) is 41.9 Å². The minimum absolute atomic E-state index is 0.247. The van der Waals surface area contributed by atoms with E-state index in [-0.39, 0.29) is 5.92 Å². The van der Waals surface area contributed by atoms with Crippen molar-refractivity contribution in [3.63, 3.8) is 0 Å². The van der Waals surface area contributed by atoms with E-state index in [2.05, 4.69) is 33.1 Å². The summed E-state index contributed by atoms with van der Waals surface area (Å²) in [4.78, 5) is 4.68. The Labute approximate surface area is 159 Å². The first-order chi connectivity index (χ1) is 11.5. The van der Waals surface area contributed by atoms with E-state index in [1.807, 2.05) is 38.1 Å². The molecular formula is C17H17BrN4S2. The molecule has 1 saturated carbocycles. The Bertz CT molecular complexity index is 773. The van der Waals surface area contributed by atoms with Crippen LogP contribution in [0.1, 0.15) is 25.3 Å². The molecule has 1 fully saturated rings. The molecule has 24 heavy (non-hydrogen) atoms. The highest BCUT2D eigenvalue weighted by atomic mass is 79.9. The minimum Gasteiger partial charge on any atom is -0.386 e. The van der Waals surface area contributed by atoms with Crippen LogP contribution >= 0.6 is 39.5 Å². The third-order valence-electron chi connectivity index (χ3n) is 4.81. The molecular weight excluding hydrogens is 404 g/mol. The number of benzene rings is 1. The molecule has 1 aliphatic carbocycles. The summed E-state index contributed by atoms with van der Waals surface area (Å²) in [6.45, 7) is 4.09. The van der Waals surface area contributed by atoms with Gasteiger partial charge in [0.15, 0.2) is 4.20 Å². The number of halogens is 1. The molecule has 1 aromatic rings. The fraction of sp³-hybridized carbons (Fsp3) is 0.471. The number of nitrogens with two attached hydrogens (primary N) is 1. The Balaban J connectivity index is 2.21. The van der Waals surface area contributed by atoms with Gasteiger partial charge in [-0.2, -0.15) is 10.5 Å². The first kappa shape index (κ1) is 17.7. The van der Waals surface area contributed by atoms with Crippen LogP contribution in [0, 0.1) is 33.5 Å². The molecule has 7 heteroatoms. The molecule has 2 N–H and O–H groups in total. The second kappa shape index (κ2) is 5.98. The Kier molecular flexibility index (Phi) is 4.40. The normalized spacial score (nSPS) is 32.4. The van der Waals surface area contributed by atoms with Crippen molar-refractivity contribution in [1.29, 1.82) is 10.5 Å². The van der Waals surface area contributed by atoms with Crippen molar-refractivity contribution in [2.75, 3.05) is 11.5 Å². The third-order valence-corrected chi connectivity index (χ3v) is 8.23. The van der Waals surface area contributed by atoms with E-state index in [1.54, 1.807) is 23.5 Å². The van der Waals surface area contributed by atoms with E-state index < -0.39 is 15.0 Å². The van der Waals surface area contributed by atoms with Crippen LogP contribution in [0.3, 0.4) is 0 Å². The zero-order valence-electron chi connectivity index (χ0n) is 13.4. The number of fused-ring (bicyclic) bond motifs is 1. The number of nitriles is 2. The molecule has 3 unspecified atom stereocenters. The Morgan fingerprint density at radius 3 is 2.21 bits per heavy atom. The highest BCUT2D eigenvalue weighted by Gasteiger charge is 2.91. The second-order valence-corrected chi connectivity index (χ2v) is 9.86. The predicted octanol–water partition coefficient (Wildman–Crippen LogP) is 4.10. The van der Waals surface area contributed by atoms with E-state index in [1.165, 1.54) is 0 Å². The van der Waals surface area contributed by atoms with Crippen molar-refractivity contribution in [3.05, 3.63) is 34.3 Å². The van der Waals surface area contributed by atoms with Gasteiger partial charge in [0.25, 0.3) is 0 Å². The van der Waals surface area contributed by atoms with Gasteiger partial charge >= 0.3 is 0 Å². The highest BCUT2D eigenvalue weighted by Crippen LogP contribution is 2.85. The number of rotatable bonds is 5. The smallest absolute Gasteiger partial charge is 0.175 e. The molecule has 0 radical (unpaired) electrons. The standard InChI is InChI=1S/C17H17BrN4S2/c1-3-23-17(24-4-2)16(10-20)13(11-5-7-12(18)8-6-11)15(16,9-19)14(21)22-17/h5-8,13H,3-4H2,1-2H3,(H2,21,22). The van der Waals surface area contributed by atoms with Gasteiger partial charge in [0.05, 0.1) is 12.1 Å². The number of nitrogens with zero attached hydrogens (tertiary/aromatic N) is 3. The quantitative estimate of drug-likeness (QED) is 0.724. The lowest BCUT2D eigenvalue weighted by Crippen LogP contribution is -2.31. The number of thioether (sulfide) groups is 2. The van der Waals surface area contributed by atoms with Crippen molar-refractivity contribution >= 4 is 45.3 Å². The number of aliphatic imine (C=N–C) groups is 1. The first-order valence-electron chi connectivity index (χ1n) is 7.71. The average Bonchev–Trinajstić information content (AvgIpc) is 3.15. The molecule has 0 bridgehead atoms. The zero-order chi connectivity index (χ0) is 17.6. The SMILES string of the molecule is CCSC1(SCC)N=C(N)C2(C#N)C(c3ccc(Br)cc3)C12C#N. The highest BCUT2D eigenvalue weighted by molar-refractivity contribution is 9.10. The Hall–Kier alpha value is -1.15. The maximum Gasteiger partial charge on any atom is 0.175 e. The summed E-state index contributed by atoms with van der Waals surface area (Å²) in [6, 6.07) is 12.7. The van der Waals surface area contributed by atoms with Gasteiger partial charge in [-0.15, -0.1) is 23.5 Å². The molecule has 1 aromatic carbocycles. The summed E-state index contributed by atoms with van der Waals surface area (Å²) >= 11 is 6.67. The maximum absolute atomic E-state index is 10.2. The van der Waals surface area contributed by atoms with Gasteiger partial charge in [0.1, 0.15) is 16.7 Å². The van der Waals surface area contributed by atoms with E-state index in [9.17, 15) is 10.5 Å². The molecule has 0 spiro atoms. The average molecular weight is 421 g/mol. The lowest BCUT2D eigenvalue weighted by Gasteiger charge is -2.31. The van der Waals surface area contributed by atoms with Crippen LogP contribution in [-0.2, 0) is 0 Å². The summed E-state index contributed by atoms with van der Waals surface area (Å²) in [5.41, 5.74) is 5.28. The summed E-state index contributed by atoms with van der Waals surface area (Å²) in [5.74, 6) is 1.67. The summed E-state index contributed by atoms with van der Waals surface area (Å²) in [6.07, 6.45) is 0. The number of amidine groups is 1. The van der Waals surface area contributed by atoms with Crippen LogP contribution in [0.25, 0.3) is 0 Å². The van der Waals surface area contributed by atoms with Crippen LogP contribution in [0.15, 0.2) is 33.7 Å². The van der Waals surface area contributed by atoms with Crippen molar-refractivity contribution in [1.82, 2.24) is 0 Å². The van der Waals surface area contributed by atoms with Crippen LogP contribution in [0.5, 0.6) is 0 Å². The second-order valence-electron chi connectivity index (χ2n) is 5.77. The molecule has 0 amide bonds. The van der Waals surface area contributed by atoms with Crippen LogP contribution in [-0.4, -0.2) is 21.5 Å². The van der Waals surface area contributed by atoms with Gasteiger partial charge in [-0.25, -0.2) is 4.99 Å². The van der Waals surface area contributed by atoms with Gasteiger partial charge in [0.2, 0.25) is 0 Å². The maximum atomic E-state index is 10.2. The van der Waals surface area contributed by atoms with Crippen LogP contribution < -0.4 is 5.73 Å². The number of hydrogen-bond donors (Lipinski definition) is 1. The van der Waals surface area contributed by atoms with Crippen molar-refractivity contribution in [2.24, 2.45) is 21.6 Å². The predicted molar refractivity (Wildman–Crippen MR) is 104 cm³/mol. The van der Waals surface area contributed by atoms with Crippen molar-refractivity contribution in [3.8, 4) is 12.1 Å². The topological polar surface area (TPSA) is 86.0 Å². The van der Waals surface area contributed by atoms with Gasteiger partial charge in [0, 0.05) is 10.4 Å². The summed E-state index contributed by atoms with van der Waals surface area (Å²) < 4.78 is 0.246. The van der Waals surface area contributed by atoms with E-state index in [4.69, 9.17) is 5.73 Å². The molecule has 4 nitrogen and oxygen atoms in total. The fourth-order valence-corrected chi connectivity index (χ4v) is 7.42. The Morgan fingerprint density at radius 1 is 1.17 bits per heavy atom.